The van der Waals surface area contributed by atoms with Crippen LogP contribution in [0, 0.1) is 11.8 Å². The summed E-state index contributed by atoms with van der Waals surface area (Å²) in [4.78, 5) is 10.4. The topological polar surface area (TPSA) is 57.5 Å². The van der Waals surface area contributed by atoms with E-state index in [1.807, 2.05) is 0 Å². The maximum absolute atomic E-state index is 10.4. The molecule has 0 amide bonds. The number of rotatable bonds is 15. The number of hydrogen-bond acceptors (Lipinski definition) is 2. The zero-order valence-electron chi connectivity index (χ0n) is 15.0. The number of unbranched alkanes of at least 4 members (excludes halogenated alkanes) is 12. The van der Waals surface area contributed by atoms with Gasteiger partial charge in [0.1, 0.15) is 0 Å². The molecule has 0 bridgehead atoms. The van der Waals surface area contributed by atoms with Gasteiger partial charge in [0.15, 0.2) is 6.10 Å². The molecule has 1 atom stereocenters. The summed E-state index contributed by atoms with van der Waals surface area (Å²) in [5, 5.41) is 17.6. The quantitative estimate of drug-likeness (QED) is 0.317. The molecule has 0 aromatic carbocycles. The fourth-order valence-electron chi connectivity index (χ4n) is 2.55. The van der Waals surface area contributed by atoms with Gasteiger partial charge in [-0.05, 0) is 25.7 Å². The molecule has 23 heavy (non-hydrogen) atoms. The second kappa shape index (κ2) is 17.3. The van der Waals surface area contributed by atoms with Gasteiger partial charge in [0, 0.05) is 12.8 Å². The fourth-order valence-corrected chi connectivity index (χ4v) is 2.55. The van der Waals surface area contributed by atoms with Crippen LogP contribution in [-0.4, -0.2) is 22.3 Å². The summed E-state index contributed by atoms with van der Waals surface area (Å²) in [6.45, 7) is 2.26. The van der Waals surface area contributed by atoms with Crippen LogP contribution in [0.5, 0.6) is 0 Å². The van der Waals surface area contributed by atoms with E-state index in [-0.39, 0.29) is 0 Å². The molecule has 0 fully saturated rings. The van der Waals surface area contributed by atoms with E-state index in [4.69, 9.17) is 10.2 Å². The molecule has 0 rings (SSSR count). The van der Waals surface area contributed by atoms with Gasteiger partial charge in [-0.3, -0.25) is 0 Å². The largest absolute Gasteiger partial charge is 0.479 e. The summed E-state index contributed by atoms with van der Waals surface area (Å²) in [6, 6.07) is 0. The lowest BCUT2D eigenvalue weighted by Gasteiger charge is -2.02. The Balaban J connectivity index is 3.19. The standard InChI is InChI=1S/C20H36O3/c1-2-3-4-5-6-7-8-9-10-11-12-13-14-15-16-17-18-19(21)20(22)23/h19,21H,2-12,15-18H2,1H3,(H,22,23). The van der Waals surface area contributed by atoms with Crippen molar-refractivity contribution in [3.05, 3.63) is 0 Å². The minimum Gasteiger partial charge on any atom is -0.479 e. The van der Waals surface area contributed by atoms with E-state index in [1.165, 1.54) is 64.2 Å². The van der Waals surface area contributed by atoms with Gasteiger partial charge in [-0.25, -0.2) is 4.79 Å². The number of aliphatic hydroxyl groups excluding tert-OH is 1. The van der Waals surface area contributed by atoms with E-state index in [9.17, 15) is 4.79 Å². The highest BCUT2D eigenvalue weighted by atomic mass is 16.4. The lowest BCUT2D eigenvalue weighted by molar-refractivity contribution is -0.146. The molecular formula is C20H36O3. The summed E-state index contributed by atoms with van der Waals surface area (Å²) in [5.41, 5.74) is 0. The molecule has 0 aliphatic heterocycles. The van der Waals surface area contributed by atoms with Crippen molar-refractivity contribution < 1.29 is 15.0 Å². The molecule has 0 heterocycles. The van der Waals surface area contributed by atoms with Gasteiger partial charge < -0.3 is 10.2 Å². The smallest absolute Gasteiger partial charge is 0.332 e. The maximum atomic E-state index is 10.4. The van der Waals surface area contributed by atoms with Gasteiger partial charge >= 0.3 is 5.97 Å². The minimum atomic E-state index is -1.21. The summed E-state index contributed by atoms with van der Waals surface area (Å²) >= 11 is 0. The van der Waals surface area contributed by atoms with Gasteiger partial charge in [-0.1, -0.05) is 64.7 Å². The summed E-state index contributed by atoms with van der Waals surface area (Å²) < 4.78 is 0. The Bertz CT molecular complexity index is 328. The highest BCUT2D eigenvalue weighted by Gasteiger charge is 2.11. The van der Waals surface area contributed by atoms with Gasteiger partial charge in [-0.15, -0.1) is 11.8 Å². The average molecular weight is 325 g/mol. The molecule has 3 nitrogen and oxygen atoms in total. The Kier molecular flexibility index (Phi) is 16.6. The van der Waals surface area contributed by atoms with Crippen molar-refractivity contribution in [2.24, 2.45) is 0 Å². The number of carboxylic acid groups (broad SMARTS) is 1. The molecule has 3 heteroatoms. The van der Waals surface area contributed by atoms with Crippen molar-refractivity contribution in [2.45, 2.75) is 109 Å². The molecule has 0 radical (unpaired) electrons. The first kappa shape index (κ1) is 22.0. The van der Waals surface area contributed by atoms with Crippen LogP contribution in [0.2, 0.25) is 0 Å². The third kappa shape index (κ3) is 17.2. The molecule has 0 saturated heterocycles. The second-order valence-electron chi connectivity index (χ2n) is 6.39. The number of aliphatic hydroxyl groups is 1. The molecular weight excluding hydrogens is 288 g/mol. The minimum absolute atomic E-state index is 0.329. The van der Waals surface area contributed by atoms with Crippen molar-refractivity contribution in [2.75, 3.05) is 0 Å². The van der Waals surface area contributed by atoms with E-state index in [2.05, 4.69) is 18.8 Å². The molecule has 2 N–H and O–H groups in total. The number of hydrogen-bond donors (Lipinski definition) is 2. The molecule has 1 unspecified atom stereocenters. The van der Waals surface area contributed by atoms with Crippen LogP contribution in [0.1, 0.15) is 103 Å². The Morgan fingerprint density at radius 2 is 1.22 bits per heavy atom. The van der Waals surface area contributed by atoms with Crippen LogP contribution in [0.15, 0.2) is 0 Å². The van der Waals surface area contributed by atoms with Crippen LogP contribution >= 0.6 is 0 Å². The Labute approximate surface area is 142 Å². The van der Waals surface area contributed by atoms with Crippen molar-refractivity contribution in [1.29, 1.82) is 0 Å². The van der Waals surface area contributed by atoms with E-state index < -0.39 is 12.1 Å². The van der Waals surface area contributed by atoms with E-state index in [1.54, 1.807) is 0 Å². The number of aliphatic carboxylic acids is 1. The summed E-state index contributed by atoms with van der Waals surface area (Å²) in [7, 11) is 0. The predicted molar refractivity (Wildman–Crippen MR) is 96.3 cm³/mol. The fraction of sp³-hybridized carbons (Fsp3) is 0.850. The molecule has 0 aromatic heterocycles. The monoisotopic (exact) mass is 324 g/mol. The third-order valence-electron chi connectivity index (χ3n) is 4.09. The normalized spacial score (nSPS) is 11.7. The Morgan fingerprint density at radius 1 is 0.783 bits per heavy atom. The van der Waals surface area contributed by atoms with Crippen LogP contribution in [0.25, 0.3) is 0 Å². The van der Waals surface area contributed by atoms with Crippen molar-refractivity contribution in [3.63, 3.8) is 0 Å². The number of carboxylic acids is 1. The Hall–Kier alpha value is -1.01. The molecule has 0 aliphatic rings. The molecule has 134 valence electrons. The molecule has 0 spiro atoms. The SMILES string of the molecule is CCCCCCCCCCCCC#CCCCCC(O)C(=O)O. The Morgan fingerprint density at radius 3 is 1.70 bits per heavy atom. The van der Waals surface area contributed by atoms with Gasteiger partial charge in [0.25, 0.3) is 0 Å². The van der Waals surface area contributed by atoms with Crippen LogP contribution in [-0.2, 0) is 4.79 Å². The molecule has 0 aliphatic carbocycles. The highest BCUT2D eigenvalue weighted by molar-refractivity contribution is 5.71. The van der Waals surface area contributed by atoms with E-state index >= 15 is 0 Å². The van der Waals surface area contributed by atoms with Gasteiger partial charge in [-0.2, -0.15) is 0 Å². The van der Waals surface area contributed by atoms with Crippen LogP contribution in [0.4, 0.5) is 0 Å². The van der Waals surface area contributed by atoms with E-state index in [0.29, 0.717) is 6.42 Å². The first-order valence-corrected chi connectivity index (χ1v) is 9.55. The second-order valence-corrected chi connectivity index (χ2v) is 6.39. The number of carbonyl (C=O) groups is 1. The molecule has 0 aromatic rings. The zero-order chi connectivity index (χ0) is 17.2. The first-order chi connectivity index (χ1) is 11.2. The van der Waals surface area contributed by atoms with Crippen molar-refractivity contribution >= 4 is 5.97 Å². The highest BCUT2D eigenvalue weighted by Crippen LogP contribution is 2.11. The third-order valence-corrected chi connectivity index (χ3v) is 4.09. The lowest BCUT2D eigenvalue weighted by atomic mass is 10.1. The van der Waals surface area contributed by atoms with Crippen molar-refractivity contribution in [1.82, 2.24) is 0 Å². The van der Waals surface area contributed by atoms with Crippen LogP contribution in [0.3, 0.4) is 0 Å². The summed E-state index contributed by atoms with van der Waals surface area (Å²) in [6.07, 6.45) is 16.0. The maximum Gasteiger partial charge on any atom is 0.332 e. The first-order valence-electron chi connectivity index (χ1n) is 9.55. The summed E-state index contributed by atoms with van der Waals surface area (Å²) in [5.74, 6) is 5.21. The van der Waals surface area contributed by atoms with Gasteiger partial charge in [0.2, 0.25) is 0 Å². The molecule has 0 saturated carbocycles. The zero-order valence-corrected chi connectivity index (χ0v) is 15.0. The van der Waals surface area contributed by atoms with Crippen molar-refractivity contribution in [3.8, 4) is 11.8 Å². The average Bonchev–Trinajstić information content (AvgIpc) is 2.54. The predicted octanol–water partition coefficient (Wildman–Crippen LogP) is 5.31. The van der Waals surface area contributed by atoms with E-state index in [0.717, 1.165) is 25.7 Å². The van der Waals surface area contributed by atoms with Gasteiger partial charge in [0.05, 0.1) is 0 Å². The lowest BCUT2D eigenvalue weighted by Crippen LogP contribution is -2.18. The van der Waals surface area contributed by atoms with Crippen LogP contribution < -0.4 is 0 Å².